The molecule has 1 atom stereocenters. The summed E-state index contributed by atoms with van der Waals surface area (Å²) >= 11 is 0. The van der Waals surface area contributed by atoms with Gasteiger partial charge in [-0.3, -0.25) is 4.79 Å². The topological polar surface area (TPSA) is 55.1 Å². The Morgan fingerprint density at radius 1 is 1.24 bits per heavy atom. The molecule has 0 saturated heterocycles. The molecule has 3 N–H and O–H groups in total. The molecule has 0 saturated carbocycles. The minimum absolute atomic E-state index is 0.165. The quantitative estimate of drug-likeness (QED) is 0.858. The van der Waals surface area contributed by atoms with Crippen LogP contribution in [-0.2, 0) is 0 Å². The van der Waals surface area contributed by atoms with E-state index >= 15 is 0 Å². The lowest BCUT2D eigenvalue weighted by Crippen LogP contribution is -2.30. The van der Waals surface area contributed by atoms with Gasteiger partial charge in [0.25, 0.3) is 5.91 Å². The number of halogens is 1. The molecule has 2 aromatic rings. The normalized spacial score (nSPS) is 12.3. The third-order valence-electron chi connectivity index (χ3n) is 3.82. The average Bonchev–Trinajstić information content (AvgIpc) is 2.51. The van der Waals surface area contributed by atoms with E-state index < -0.39 is 0 Å². The zero-order valence-electron chi connectivity index (χ0n) is 12.2. The van der Waals surface area contributed by atoms with Crippen molar-refractivity contribution in [3.63, 3.8) is 0 Å². The van der Waals surface area contributed by atoms with Gasteiger partial charge in [0.15, 0.2) is 0 Å². The van der Waals surface area contributed by atoms with Crippen molar-refractivity contribution in [2.45, 2.75) is 19.8 Å². The standard InChI is InChI=1S/C17H21FN2O/c1-2-12(9-10-19)11-20-17(21)15-7-8-16(18)14-6-4-3-5-13(14)15/h3-8,12H,2,9-11,19H2,1H3,(H,20,21). The first kappa shape index (κ1) is 15.4. The first-order chi connectivity index (χ1) is 10.2. The van der Waals surface area contributed by atoms with Gasteiger partial charge < -0.3 is 11.1 Å². The molecule has 0 heterocycles. The Kier molecular flexibility index (Phi) is 5.28. The summed E-state index contributed by atoms with van der Waals surface area (Å²) in [6.45, 7) is 3.30. The Bertz CT molecular complexity index is 627. The van der Waals surface area contributed by atoms with Crippen molar-refractivity contribution in [2.24, 2.45) is 11.7 Å². The van der Waals surface area contributed by atoms with E-state index in [1.807, 2.05) is 6.07 Å². The molecule has 0 aliphatic carbocycles. The molecule has 0 radical (unpaired) electrons. The lowest BCUT2D eigenvalue weighted by Gasteiger charge is -2.15. The van der Waals surface area contributed by atoms with Crippen molar-refractivity contribution in [1.82, 2.24) is 5.32 Å². The van der Waals surface area contributed by atoms with Crippen molar-refractivity contribution in [3.8, 4) is 0 Å². The second-order valence-corrected chi connectivity index (χ2v) is 5.20. The van der Waals surface area contributed by atoms with E-state index in [0.717, 1.165) is 12.8 Å². The van der Waals surface area contributed by atoms with Crippen molar-refractivity contribution in [3.05, 3.63) is 47.8 Å². The van der Waals surface area contributed by atoms with Crippen LogP contribution in [0, 0.1) is 11.7 Å². The van der Waals surface area contributed by atoms with E-state index in [2.05, 4.69) is 12.2 Å². The van der Waals surface area contributed by atoms with Crippen LogP contribution in [0.1, 0.15) is 30.1 Å². The molecule has 2 rings (SSSR count). The number of hydrogen-bond donors (Lipinski definition) is 2. The Labute approximate surface area is 124 Å². The highest BCUT2D eigenvalue weighted by Gasteiger charge is 2.13. The fourth-order valence-corrected chi connectivity index (χ4v) is 2.48. The van der Waals surface area contributed by atoms with Crippen LogP contribution in [0.2, 0.25) is 0 Å². The number of nitrogens with one attached hydrogen (secondary N) is 1. The van der Waals surface area contributed by atoms with Crippen LogP contribution in [0.3, 0.4) is 0 Å². The summed E-state index contributed by atoms with van der Waals surface area (Å²) in [6.07, 6.45) is 1.86. The first-order valence-electron chi connectivity index (χ1n) is 7.32. The van der Waals surface area contributed by atoms with E-state index in [9.17, 15) is 9.18 Å². The summed E-state index contributed by atoms with van der Waals surface area (Å²) in [7, 11) is 0. The second-order valence-electron chi connectivity index (χ2n) is 5.20. The maximum absolute atomic E-state index is 13.8. The Morgan fingerprint density at radius 2 is 1.95 bits per heavy atom. The predicted molar refractivity (Wildman–Crippen MR) is 83.7 cm³/mol. The van der Waals surface area contributed by atoms with Gasteiger partial charge >= 0.3 is 0 Å². The Morgan fingerprint density at radius 3 is 2.62 bits per heavy atom. The molecule has 0 bridgehead atoms. The molecule has 1 unspecified atom stereocenters. The number of nitrogens with two attached hydrogens (primary N) is 1. The molecular formula is C17H21FN2O. The van der Waals surface area contributed by atoms with Crippen LogP contribution < -0.4 is 11.1 Å². The van der Waals surface area contributed by atoms with Gasteiger partial charge in [-0.15, -0.1) is 0 Å². The summed E-state index contributed by atoms with van der Waals surface area (Å²) in [5.41, 5.74) is 6.07. The number of carbonyl (C=O) groups is 1. The summed E-state index contributed by atoms with van der Waals surface area (Å²) in [6, 6.07) is 9.91. The van der Waals surface area contributed by atoms with Crippen LogP contribution in [0.4, 0.5) is 4.39 Å². The average molecular weight is 288 g/mol. The maximum atomic E-state index is 13.8. The zero-order valence-corrected chi connectivity index (χ0v) is 12.2. The van der Waals surface area contributed by atoms with E-state index in [0.29, 0.717) is 35.3 Å². The number of hydrogen-bond acceptors (Lipinski definition) is 2. The van der Waals surface area contributed by atoms with Gasteiger partial charge in [-0.2, -0.15) is 0 Å². The van der Waals surface area contributed by atoms with Crippen molar-refractivity contribution in [1.29, 1.82) is 0 Å². The van der Waals surface area contributed by atoms with Gasteiger partial charge in [-0.1, -0.05) is 37.6 Å². The third kappa shape index (κ3) is 3.58. The number of benzene rings is 2. The van der Waals surface area contributed by atoms with Gasteiger partial charge in [-0.25, -0.2) is 4.39 Å². The molecule has 3 nitrogen and oxygen atoms in total. The van der Waals surface area contributed by atoms with Gasteiger partial charge in [-0.05, 0) is 36.4 Å². The lowest BCUT2D eigenvalue weighted by atomic mass is 10.0. The minimum atomic E-state index is -0.309. The molecular weight excluding hydrogens is 267 g/mol. The Hall–Kier alpha value is -1.94. The Balaban J connectivity index is 2.18. The highest BCUT2D eigenvalue weighted by molar-refractivity contribution is 6.07. The van der Waals surface area contributed by atoms with Gasteiger partial charge in [0.05, 0.1) is 0 Å². The van der Waals surface area contributed by atoms with Crippen LogP contribution in [0.5, 0.6) is 0 Å². The highest BCUT2D eigenvalue weighted by atomic mass is 19.1. The third-order valence-corrected chi connectivity index (χ3v) is 3.82. The summed E-state index contributed by atoms with van der Waals surface area (Å²) in [5.74, 6) is -0.0935. The minimum Gasteiger partial charge on any atom is -0.352 e. The van der Waals surface area contributed by atoms with Crippen molar-refractivity contribution < 1.29 is 9.18 Å². The van der Waals surface area contributed by atoms with E-state index in [1.54, 1.807) is 18.2 Å². The van der Waals surface area contributed by atoms with E-state index in [1.165, 1.54) is 12.1 Å². The fourth-order valence-electron chi connectivity index (χ4n) is 2.48. The van der Waals surface area contributed by atoms with Crippen LogP contribution in [0.15, 0.2) is 36.4 Å². The van der Waals surface area contributed by atoms with E-state index in [4.69, 9.17) is 5.73 Å². The molecule has 0 aliphatic rings. The summed E-state index contributed by atoms with van der Waals surface area (Å²) in [4.78, 5) is 12.3. The smallest absolute Gasteiger partial charge is 0.251 e. The molecule has 4 heteroatoms. The second kappa shape index (κ2) is 7.18. The molecule has 2 aromatic carbocycles. The molecule has 0 aromatic heterocycles. The molecule has 21 heavy (non-hydrogen) atoms. The molecule has 0 fully saturated rings. The predicted octanol–water partition coefficient (Wildman–Crippen LogP) is 3.08. The maximum Gasteiger partial charge on any atom is 0.251 e. The summed E-state index contributed by atoms with van der Waals surface area (Å²) in [5, 5.41) is 4.04. The largest absolute Gasteiger partial charge is 0.352 e. The molecule has 0 spiro atoms. The fraction of sp³-hybridized carbons (Fsp3) is 0.353. The first-order valence-corrected chi connectivity index (χ1v) is 7.32. The van der Waals surface area contributed by atoms with Crippen LogP contribution >= 0.6 is 0 Å². The number of fused-ring (bicyclic) bond motifs is 1. The van der Waals surface area contributed by atoms with Gasteiger partial charge in [0.2, 0.25) is 0 Å². The van der Waals surface area contributed by atoms with Gasteiger partial charge in [0, 0.05) is 17.5 Å². The van der Waals surface area contributed by atoms with Crippen molar-refractivity contribution >= 4 is 16.7 Å². The van der Waals surface area contributed by atoms with E-state index in [-0.39, 0.29) is 11.7 Å². The molecule has 0 aliphatic heterocycles. The SMILES string of the molecule is CCC(CCN)CNC(=O)c1ccc(F)c2ccccc12. The van der Waals surface area contributed by atoms with Crippen molar-refractivity contribution in [2.75, 3.05) is 13.1 Å². The number of carbonyl (C=O) groups excluding carboxylic acids is 1. The van der Waals surface area contributed by atoms with Crippen LogP contribution in [-0.4, -0.2) is 19.0 Å². The zero-order chi connectivity index (χ0) is 15.2. The summed E-state index contributed by atoms with van der Waals surface area (Å²) < 4.78 is 13.8. The number of amides is 1. The highest BCUT2D eigenvalue weighted by Crippen LogP contribution is 2.21. The number of rotatable bonds is 6. The van der Waals surface area contributed by atoms with Crippen LogP contribution in [0.25, 0.3) is 10.8 Å². The molecule has 112 valence electrons. The molecule has 1 amide bonds. The monoisotopic (exact) mass is 288 g/mol. The van der Waals surface area contributed by atoms with Gasteiger partial charge in [0.1, 0.15) is 5.82 Å². The lowest BCUT2D eigenvalue weighted by molar-refractivity contribution is 0.0948.